The smallest absolute Gasteiger partial charge is 0.453 e. The summed E-state index contributed by atoms with van der Waals surface area (Å²) in [7, 11) is -3.58. The number of amides is 2. The molecule has 1 aliphatic heterocycles. The number of thiazole rings is 1. The van der Waals surface area contributed by atoms with Crippen LogP contribution < -0.4 is 14.8 Å². The van der Waals surface area contributed by atoms with Crippen molar-refractivity contribution in [3.8, 4) is 28.5 Å². The Labute approximate surface area is 296 Å². The van der Waals surface area contributed by atoms with Crippen LogP contribution in [-0.2, 0) is 25.8 Å². The minimum absolute atomic E-state index is 0.0208. The second kappa shape index (κ2) is 15.2. The zero-order chi connectivity index (χ0) is 37.1. The van der Waals surface area contributed by atoms with Gasteiger partial charge in [-0.3, -0.25) is 24.8 Å². The maximum Gasteiger partial charge on any atom is 0.491 e. The predicted molar refractivity (Wildman–Crippen MR) is 183 cm³/mol. The number of carbonyl (C=O) groups is 3. The number of piperazine rings is 1. The van der Waals surface area contributed by atoms with Gasteiger partial charge in [0.1, 0.15) is 5.75 Å². The number of esters is 1. The van der Waals surface area contributed by atoms with Gasteiger partial charge in [0.15, 0.2) is 26.5 Å². The molecule has 0 saturated carbocycles. The number of nitrogens with zero attached hydrogens (tertiary/aromatic N) is 4. The Morgan fingerprint density at radius 3 is 2.33 bits per heavy atom. The molecule has 12 nitrogen and oxygen atoms in total. The number of nitrogens with one attached hydrogen (secondary N) is 1. The van der Waals surface area contributed by atoms with Crippen molar-refractivity contribution in [2.24, 2.45) is 0 Å². The molecule has 1 saturated heterocycles. The molecule has 0 aliphatic carbocycles. The van der Waals surface area contributed by atoms with Crippen LogP contribution >= 0.6 is 11.3 Å². The Morgan fingerprint density at radius 2 is 1.73 bits per heavy atom. The highest BCUT2D eigenvalue weighted by molar-refractivity contribution is 7.90. The van der Waals surface area contributed by atoms with Gasteiger partial charge in [-0.05, 0) is 68.8 Å². The third-order valence-corrected chi connectivity index (χ3v) is 9.93. The summed E-state index contributed by atoms with van der Waals surface area (Å²) in [4.78, 5) is 51.6. The molecular formula is C34H34F3N5O7S2. The number of aryl methyl sites for hydroxylation is 1. The fourth-order valence-corrected chi connectivity index (χ4v) is 6.61. The fraction of sp³-hybridized carbons (Fsp3) is 0.324. The summed E-state index contributed by atoms with van der Waals surface area (Å²) in [6.07, 6.45) is -2.98. The summed E-state index contributed by atoms with van der Waals surface area (Å²) < 4.78 is 75.0. The quantitative estimate of drug-likeness (QED) is 0.163. The van der Waals surface area contributed by atoms with Crippen LogP contribution in [0.5, 0.6) is 17.2 Å². The summed E-state index contributed by atoms with van der Waals surface area (Å²) in [5.41, 5.74) is 1.09. The first-order chi connectivity index (χ1) is 24.0. The van der Waals surface area contributed by atoms with Crippen molar-refractivity contribution in [2.45, 2.75) is 44.3 Å². The molecule has 3 heterocycles. The molecule has 0 spiro atoms. The highest BCUT2D eigenvalue weighted by atomic mass is 32.2. The third kappa shape index (κ3) is 9.28. The number of benzene rings is 2. The van der Waals surface area contributed by atoms with E-state index in [1.807, 2.05) is 0 Å². The minimum Gasteiger partial charge on any atom is -0.453 e. The number of anilines is 1. The van der Waals surface area contributed by atoms with Crippen molar-refractivity contribution < 1.29 is 45.4 Å². The molecule has 1 fully saturated rings. The first-order valence-electron chi connectivity index (χ1n) is 15.6. The van der Waals surface area contributed by atoms with Crippen LogP contribution in [-0.4, -0.2) is 90.6 Å². The second-order valence-electron chi connectivity index (χ2n) is 12.0. The molecule has 17 heteroatoms. The summed E-state index contributed by atoms with van der Waals surface area (Å²) >= 11 is 1.00. The number of sulfone groups is 1. The molecule has 51 heavy (non-hydrogen) atoms. The van der Waals surface area contributed by atoms with Crippen LogP contribution in [0, 0.1) is 6.92 Å². The van der Waals surface area contributed by atoms with Crippen LogP contribution in [0.25, 0.3) is 11.3 Å². The van der Waals surface area contributed by atoms with E-state index in [0.29, 0.717) is 36.1 Å². The predicted octanol–water partition coefficient (Wildman–Crippen LogP) is 5.52. The highest BCUT2D eigenvalue weighted by Gasteiger charge is 2.43. The van der Waals surface area contributed by atoms with Crippen molar-refractivity contribution in [2.75, 3.05) is 37.8 Å². The zero-order valence-electron chi connectivity index (χ0n) is 28.0. The SMILES string of the molecule is Cc1cccnc1-c1cc(Oc2ccc(S(C)(=O)=O)cc2)c(OC(=O)C(F)(F)F)c(C(=O)Nc2nc(CC(=O)N3CCN(C(C)C)CC3)cs2)c1. The fourth-order valence-electron chi connectivity index (χ4n) is 5.27. The maximum atomic E-state index is 13.8. The molecule has 2 aromatic heterocycles. The molecule has 0 atom stereocenters. The summed E-state index contributed by atoms with van der Waals surface area (Å²) in [5, 5.41) is 4.16. The van der Waals surface area contributed by atoms with Gasteiger partial charge < -0.3 is 14.4 Å². The topological polar surface area (TPSA) is 148 Å². The second-order valence-corrected chi connectivity index (χ2v) is 14.9. The summed E-state index contributed by atoms with van der Waals surface area (Å²) in [6.45, 7) is 8.56. The Bertz CT molecular complexity index is 2040. The maximum absolute atomic E-state index is 13.8. The van der Waals surface area contributed by atoms with Crippen molar-refractivity contribution in [1.29, 1.82) is 0 Å². The van der Waals surface area contributed by atoms with E-state index in [-0.39, 0.29) is 33.7 Å². The Hall–Kier alpha value is -4.87. The lowest BCUT2D eigenvalue weighted by molar-refractivity contribution is -0.189. The molecule has 1 N–H and O–H groups in total. The number of hydrogen-bond donors (Lipinski definition) is 1. The van der Waals surface area contributed by atoms with Gasteiger partial charge >= 0.3 is 12.1 Å². The minimum atomic E-state index is -5.43. The average Bonchev–Trinajstić information content (AvgIpc) is 3.51. The molecule has 0 radical (unpaired) electrons. The standard InChI is InChI=1S/C34H34F3N5O7S2/c1-20(2)41-12-14-42(15-13-41)28(43)18-23-19-50-33(39-23)40-31(44)26-16-22(29-21(3)6-5-11-38-29)17-27(30(26)49-32(45)34(35,36)37)48-24-7-9-25(10-8-24)51(4,46)47/h5-11,16-17,19-20H,12-15,18H2,1-4H3,(H,39,40,44). The van der Waals surface area contributed by atoms with Crippen LogP contribution in [0.3, 0.4) is 0 Å². The zero-order valence-corrected chi connectivity index (χ0v) is 29.6. The molecule has 0 unspecified atom stereocenters. The first kappa shape index (κ1) is 37.4. The van der Waals surface area contributed by atoms with Gasteiger partial charge in [0.2, 0.25) is 5.91 Å². The summed E-state index contributed by atoms with van der Waals surface area (Å²) in [6, 6.07) is 11.2. The molecule has 5 rings (SSSR count). The molecule has 2 amide bonds. The largest absolute Gasteiger partial charge is 0.491 e. The number of hydrogen-bond acceptors (Lipinski definition) is 11. The van der Waals surface area contributed by atoms with E-state index in [1.54, 1.807) is 29.3 Å². The highest BCUT2D eigenvalue weighted by Crippen LogP contribution is 2.41. The van der Waals surface area contributed by atoms with Gasteiger partial charge in [-0.25, -0.2) is 18.2 Å². The van der Waals surface area contributed by atoms with Crippen LogP contribution in [0.2, 0.25) is 0 Å². The van der Waals surface area contributed by atoms with Crippen molar-refractivity contribution in [1.82, 2.24) is 19.8 Å². The molecule has 2 aromatic carbocycles. The normalized spacial score (nSPS) is 14.0. The van der Waals surface area contributed by atoms with E-state index < -0.39 is 45.0 Å². The van der Waals surface area contributed by atoms with E-state index in [0.717, 1.165) is 30.7 Å². The van der Waals surface area contributed by atoms with E-state index in [1.165, 1.54) is 42.6 Å². The molecule has 1 aliphatic rings. The number of carbonyl (C=O) groups excluding carboxylic acids is 3. The van der Waals surface area contributed by atoms with E-state index >= 15 is 0 Å². The number of rotatable bonds is 10. The first-order valence-corrected chi connectivity index (χ1v) is 18.4. The lowest BCUT2D eigenvalue weighted by atomic mass is 10.0. The van der Waals surface area contributed by atoms with Gasteiger partial charge in [0, 0.05) is 55.6 Å². The van der Waals surface area contributed by atoms with Crippen molar-refractivity contribution in [3.63, 3.8) is 0 Å². The molecular weight excluding hydrogens is 712 g/mol. The Morgan fingerprint density at radius 1 is 1.04 bits per heavy atom. The lowest BCUT2D eigenvalue weighted by Crippen LogP contribution is -2.51. The molecule has 0 bridgehead atoms. The Balaban J connectivity index is 1.48. The third-order valence-electron chi connectivity index (χ3n) is 7.99. The van der Waals surface area contributed by atoms with Gasteiger partial charge in [0.25, 0.3) is 5.91 Å². The van der Waals surface area contributed by atoms with Gasteiger partial charge in [-0.2, -0.15) is 13.2 Å². The lowest BCUT2D eigenvalue weighted by Gasteiger charge is -2.36. The van der Waals surface area contributed by atoms with E-state index in [4.69, 9.17) is 9.47 Å². The van der Waals surface area contributed by atoms with Gasteiger partial charge in [-0.1, -0.05) is 6.07 Å². The number of aromatic nitrogens is 2. The number of halogens is 3. The number of alkyl halides is 3. The van der Waals surface area contributed by atoms with Crippen molar-refractivity contribution >= 4 is 44.1 Å². The monoisotopic (exact) mass is 745 g/mol. The van der Waals surface area contributed by atoms with Crippen LogP contribution in [0.1, 0.15) is 35.5 Å². The molecule has 4 aromatic rings. The van der Waals surface area contributed by atoms with Crippen LogP contribution in [0.15, 0.2) is 65.0 Å². The number of ether oxygens (including phenoxy) is 2. The average molecular weight is 746 g/mol. The Kier molecular flexibility index (Phi) is 11.1. The van der Waals surface area contributed by atoms with E-state index in [2.05, 4.69) is 34.0 Å². The molecule has 270 valence electrons. The van der Waals surface area contributed by atoms with Crippen LogP contribution in [0.4, 0.5) is 18.3 Å². The number of pyridine rings is 1. The van der Waals surface area contributed by atoms with Gasteiger partial charge in [-0.15, -0.1) is 11.3 Å². The summed E-state index contributed by atoms with van der Waals surface area (Å²) in [5.74, 6) is -5.09. The van der Waals surface area contributed by atoms with Gasteiger partial charge in [0.05, 0.1) is 28.3 Å². The van der Waals surface area contributed by atoms with E-state index in [9.17, 15) is 36.0 Å². The van der Waals surface area contributed by atoms with Crippen molar-refractivity contribution in [3.05, 3.63) is 76.9 Å².